The van der Waals surface area contributed by atoms with Crippen molar-refractivity contribution in [2.45, 2.75) is 11.8 Å². The summed E-state index contributed by atoms with van der Waals surface area (Å²) in [5, 5.41) is 3.03. The molecule has 0 aliphatic carbocycles. The molecule has 7 heteroatoms. The summed E-state index contributed by atoms with van der Waals surface area (Å²) in [5.41, 5.74) is 2.21. The average molecular weight is 401 g/mol. The summed E-state index contributed by atoms with van der Waals surface area (Å²) in [6.07, 6.45) is 0. The van der Waals surface area contributed by atoms with Gasteiger partial charge in [0.05, 0.1) is 15.6 Å². The lowest BCUT2D eigenvalue weighted by atomic mass is 10.2. The zero-order valence-corrected chi connectivity index (χ0v) is 16.0. The summed E-state index contributed by atoms with van der Waals surface area (Å²) in [6, 6.07) is 19.7. The summed E-state index contributed by atoms with van der Waals surface area (Å²) >= 11 is 6.01. The fraction of sp³-hybridized carbons (Fsp3) is 0.0500. The Hall–Kier alpha value is -2.83. The van der Waals surface area contributed by atoms with Crippen LogP contribution in [0.4, 0.5) is 11.4 Å². The van der Waals surface area contributed by atoms with Gasteiger partial charge in [-0.1, -0.05) is 47.5 Å². The van der Waals surface area contributed by atoms with Gasteiger partial charge in [0.25, 0.3) is 15.9 Å². The summed E-state index contributed by atoms with van der Waals surface area (Å²) in [4.78, 5) is 12.4. The molecular weight excluding hydrogens is 384 g/mol. The van der Waals surface area contributed by atoms with Gasteiger partial charge in [-0.25, -0.2) is 8.42 Å². The molecular formula is C20H17ClN2O3S. The van der Waals surface area contributed by atoms with Gasteiger partial charge in [-0.3, -0.25) is 9.52 Å². The van der Waals surface area contributed by atoms with Crippen LogP contribution in [0.2, 0.25) is 5.02 Å². The predicted molar refractivity (Wildman–Crippen MR) is 108 cm³/mol. The Balaban J connectivity index is 1.83. The van der Waals surface area contributed by atoms with Gasteiger partial charge in [0.2, 0.25) is 0 Å². The minimum atomic E-state index is -3.88. The molecule has 5 nitrogen and oxygen atoms in total. The molecule has 0 unspecified atom stereocenters. The second-order valence-electron chi connectivity index (χ2n) is 5.93. The van der Waals surface area contributed by atoms with Crippen LogP contribution in [-0.2, 0) is 10.0 Å². The highest BCUT2D eigenvalue weighted by atomic mass is 35.5. The average Bonchev–Trinajstić information content (AvgIpc) is 2.65. The normalized spacial score (nSPS) is 11.0. The molecule has 3 aromatic rings. The fourth-order valence-electron chi connectivity index (χ4n) is 2.39. The Morgan fingerprint density at radius 2 is 1.63 bits per heavy atom. The fourth-order valence-corrected chi connectivity index (χ4v) is 3.76. The molecule has 0 aliphatic rings. The van der Waals surface area contributed by atoms with Crippen LogP contribution in [0.1, 0.15) is 15.9 Å². The van der Waals surface area contributed by atoms with Crippen molar-refractivity contribution < 1.29 is 13.2 Å². The zero-order chi connectivity index (χ0) is 19.4. The first kappa shape index (κ1) is 18.9. The number of hydrogen-bond acceptors (Lipinski definition) is 3. The van der Waals surface area contributed by atoms with Crippen molar-refractivity contribution in [2.24, 2.45) is 0 Å². The van der Waals surface area contributed by atoms with E-state index in [-0.39, 0.29) is 21.2 Å². The van der Waals surface area contributed by atoms with Crippen LogP contribution in [0, 0.1) is 6.92 Å². The number of anilines is 2. The van der Waals surface area contributed by atoms with E-state index in [1.165, 1.54) is 18.2 Å². The number of carbonyl (C=O) groups excluding carboxylic acids is 1. The van der Waals surface area contributed by atoms with E-state index in [0.717, 1.165) is 5.56 Å². The molecule has 0 spiro atoms. The van der Waals surface area contributed by atoms with Crippen molar-refractivity contribution in [3.8, 4) is 0 Å². The Bertz CT molecular complexity index is 1080. The van der Waals surface area contributed by atoms with Gasteiger partial charge in [0.15, 0.2) is 0 Å². The third-order valence-corrected chi connectivity index (χ3v) is 5.53. The lowest BCUT2D eigenvalue weighted by Gasteiger charge is -2.11. The van der Waals surface area contributed by atoms with Crippen molar-refractivity contribution in [3.63, 3.8) is 0 Å². The van der Waals surface area contributed by atoms with Gasteiger partial charge in [-0.05, 0) is 49.4 Å². The molecule has 138 valence electrons. The number of hydrogen-bond donors (Lipinski definition) is 2. The van der Waals surface area contributed by atoms with E-state index in [2.05, 4.69) is 10.0 Å². The van der Waals surface area contributed by atoms with E-state index in [4.69, 9.17) is 11.6 Å². The van der Waals surface area contributed by atoms with Gasteiger partial charge in [0.1, 0.15) is 0 Å². The SMILES string of the molecule is Cc1ccc(NC(=O)c2cccc(S(=O)(=O)Nc3ccccc3Cl)c2)cc1. The molecule has 0 atom stereocenters. The standard InChI is InChI=1S/C20H17ClN2O3S/c1-14-9-11-16(12-10-14)22-20(24)15-5-4-6-17(13-15)27(25,26)23-19-8-3-2-7-18(19)21/h2-13,23H,1H3,(H,22,24). The summed E-state index contributed by atoms with van der Waals surface area (Å²) in [7, 11) is -3.88. The van der Waals surface area contributed by atoms with Gasteiger partial charge in [0, 0.05) is 11.3 Å². The minimum absolute atomic E-state index is 0.0287. The molecule has 0 aliphatic heterocycles. The van der Waals surface area contributed by atoms with Crippen LogP contribution in [0.15, 0.2) is 77.7 Å². The van der Waals surface area contributed by atoms with Crippen LogP contribution in [0.25, 0.3) is 0 Å². The molecule has 27 heavy (non-hydrogen) atoms. The Morgan fingerprint density at radius 1 is 0.926 bits per heavy atom. The number of nitrogens with one attached hydrogen (secondary N) is 2. The highest BCUT2D eigenvalue weighted by Crippen LogP contribution is 2.24. The quantitative estimate of drug-likeness (QED) is 0.651. The Kier molecular flexibility index (Phi) is 5.48. The second kappa shape index (κ2) is 7.82. The van der Waals surface area contributed by atoms with Crippen LogP contribution in [-0.4, -0.2) is 14.3 Å². The smallest absolute Gasteiger partial charge is 0.261 e. The molecule has 2 N–H and O–H groups in total. The molecule has 3 rings (SSSR count). The lowest BCUT2D eigenvalue weighted by Crippen LogP contribution is -2.16. The highest BCUT2D eigenvalue weighted by Gasteiger charge is 2.17. The van der Waals surface area contributed by atoms with Crippen LogP contribution < -0.4 is 10.0 Å². The molecule has 0 saturated carbocycles. The lowest BCUT2D eigenvalue weighted by molar-refractivity contribution is 0.102. The van der Waals surface area contributed by atoms with Crippen LogP contribution in [0.5, 0.6) is 0 Å². The number of aryl methyl sites for hydroxylation is 1. The number of benzene rings is 3. The van der Waals surface area contributed by atoms with E-state index in [9.17, 15) is 13.2 Å². The zero-order valence-electron chi connectivity index (χ0n) is 14.4. The monoisotopic (exact) mass is 400 g/mol. The summed E-state index contributed by atoms with van der Waals surface area (Å²) < 4.78 is 27.7. The third-order valence-electron chi connectivity index (χ3n) is 3.83. The van der Waals surface area contributed by atoms with Crippen molar-refractivity contribution in [1.29, 1.82) is 0 Å². The molecule has 0 radical (unpaired) electrons. The van der Waals surface area contributed by atoms with Crippen molar-refractivity contribution in [1.82, 2.24) is 0 Å². The number of rotatable bonds is 5. The highest BCUT2D eigenvalue weighted by molar-refractivity contribution is 7.92. The number of para-hydroxylation sites is 1. The van der Waals surface area contributed by atoms with E-state index in [1.807, 2.05) is 19.1 Å². The maximum absolute atomic E-state index is 12.6. The summed E-state index contributed by atoms with van der Waals surface area (Å²) in [6.45, 7) is 1.95. The molecule has 3 aromatic carbocycles. The molecule has 0 heterocycles. The minimum Gasteiger partial charge on any atom is -0.322 e. The topological polar surface area (TPSA) is 75.3 Å². The maximum atomic E-state index is 12.6. The number of halogens is 1. The van der Waals surface area contributed by atoms with E-state index in [0.29, 0.717) is 5.69 Å². The van der Waals surface area contributed by atoms with E-state index in [1.54, 1.807) is 42.5 Å². The number of amides is 1. The predicted octanol–water partition coefficient (Wildman–Crippen LogP) is 4.70. The molecule has 0 bridgehead atoms. The Morgan fingerprint density at radius 3 is 2.33 bits per heavy atom. The number of sulfonamides is 1. The van der Waals surface area contributed by atoms with Crippen molar-refractivity contribution >= 4 is 38.9 Å². The van der Waals surface area contributed by atoms with Gasteiger partial charge in [-0.15, -0.1) is 0 Å². The van der Waals surface area contributed by atoms with Crippen molar-refractivity contribution in [2.75, 3.05) is 10.0 Å². The second-order valence-corrected chi connectivity index (χ2v) is 8.02. The third kappa shape index (κ3) is 4.67. The molecule has 0 fully saturated rings. The van der Waals surface area contributed by atoms with E-state index < -0.39 is 15.9 Å². The van der Waals surface area contributed by atoms with Gasteiger partial charge < -0.3 is 5.32 Å². The van der Waals surface area contributed by atoms with Crippen LogP contribution in [0.3, 0.4) is 0 Å². The van der Waals surface area contributed by atoms with Gasteiger partial charge >= 0.3 is 0 Å². The first-order chi connectivity index (χ1) is 12.8. The first-order valence-electron chi connectivity index (χ1n) is 8.10. The number of carbonyl (C=O) groups is 1. The summed E-state index contributed by atoms with van der Waals surface area (Å²) in [5.74, 6) is -0.395. The maximum Gasteiger partial charge on any atom is 0.261 e. The molecule has 0 aromatic heterocycles. The largest absolute Gasteiger partial charge is 0.322 e. The Labute approximate surface area is 163 Å². The van der Waals surface area contributed by atoms with Crippen molar-refractivity contribution in [3.05, 3.63) is 88.9 Å². The first-order valence-corrected chi connectivity index (χ1v) is 9.97. The van der Waals surface area contributed by atoms with E-state index >= 15 is 0 Å². The molecule has 0 saturated heterocycles. The van der Waals surface area contributed by atoms with Crippen LogP contribution >= 0.6 is 11.6 Å². The van der Waals surface area contributed by atoms with Gasteiger partial charge in [-0.2, -0.15) is 0 Å². The molecule has 1 amide bonds.